The van der Waals surface area contributed by atoms with Crippen molar-refractivity contribution in [2.45, 2.75) is 25.3 Å². The van der Waals surface area contributed by atoms with Crippen LogP contribution in [0.5, 0.6) is 0 Å². The van der Waals surface area contributed by atoms with Crippen molar-refractivity contribution in [2.24, 2.45) is 0 Å². The quantitative estimate of drug-likeness (QED) is 0.545. The predicted molar refractivity (Wildman–Crippen MR) is 120 cm³/mol. The Hall–Kier alpha value is -3.59. The fourth-order valence-corrected chi connectivity index (χ4v) is 3.89. The summed E-state index contributed by atoms with van der Waals surface area (Å²) in [4.78, 5) is 43.4. The molecular formula is C23H21FN4O3S. The zero-order chi connectivity index (χ0) is 22.5. The van der Waals surface area contributed by atoms with Gasteiger partial charge in [-0.25, -0.2) is 9.37 Å². The number of rotatable bonds is 8. The first-order chi connectivity index (χ1) is 15.5. The van der Waals surface area contributed by atoms with E-state index in [-0.39, 0.29) is 42.5 Å². The average Bonchev–Trinajstić information content (AvgIpc) is 3.54. The van der Waals surface area contributed by atoms with E-state index in [1.165, 1.54) is 35.6 Å². The van der Waals surface area contributed by atoms with Crippen LogP contribution in [0.25, 0.3) is 0 Å². The fraction of sp³-hybridized carbons (Fsp3) is 0.217. The molecule has 1 aromatic heterocycles. The van der Waals surface area contributed by atoms with Gasteiger partial charge in [0, 0.05) is 22.7 Å². The fourth-order valence-electron chi connectivity index (χ4n) is 3.16. The molecule has 1 aliphatic carbocycles. The molecule has 0 unspecified atom stereocenters. The molecule has 1 aliphatic rings. The number of nitrogens with zero attached hydrogens (tertiary/aromatic N) is 2. The smallest absolute Gasteiger partial charge is 0.254 e. The molecule has 4 rings (SSSR count). The molecule has 1 saturated carbocycles. The summed E-state index contributed by atoms with van der Waals surface area (Å²) < 4.78 is 13.0. The number of thiazole rings is 1. The number of aromatic nitrogens is 1. The van der Waals surface area contributed by atoms with Gasteiger partial charge in [0.05, 0.1) is 12.1 Å². The normalized spacial score (nSPS) is 12.8. The first-order valence-electron chi connectivity index (χ1n) is 10.1. The minimum absolute atomic E-state index is 0.0183. The Labute approximate surface area is 188 Å². The summed E-state index contributed by atoms with van der Waals surface area (Å²) in [5.41, 5.74) is 1.55. The monoisotopic (exact) mass is 452 g/mol. The van der Waals surface area contributed by atoms with Crippen molar-refractivity contribution in [2.75, 3.05) is 17.2 Å². The SMILES string of the molecule is O=C(Cc1csc(NC(=O)CN(C(=O)c2ccccc2)C2CC2)n1)Nc1ccc(F)cc1. The molecule has 32 heavy (non-hydrogen) atoms. The molecule has 3 amide bonds. The van der Waals surface area contributed by atoms with Gasteiger partial charge in [0.25, 0.3) is 5.91 Å². The lowest BCUT2D eigenvalue weighted by Gasteiger charge is -2.21. The minimum atomic E-state index is -0.381. The maximum Gasteiger partial charge on any atom is 0.254 e. The third-order valence-electron chi connectivity index (χ3n) is 4.85. The lowest BCUT2D eigenvalue weighted by atomic mass is 10.2. The molecule has 1 heterocycles. The van der Waals surface area contributed by atoms with Crippen LogP contribution in [0.15, 0.2) is 60.0 Å². The maximum atomic E-state index is 13.0. The molecule has 0 saturated heterocycles. The zero-order valence-electron chi connectivity index (χ0n) is 17.1. The van der Waals surface area contributed by atoms with Gasteiger partial charge in [-0.15, -0.1) is 11.3 Å². The van der Waals surface area contributed by atoms with Crippen molar-refractivity contribution in [3.8, 4) is 0 Å². The summed E-state index contributed by atoms with van der Waals surface area (Å²) in [7, 11) is 0. The van der Waals surface area contributed by atoms with Gasteiger partial charge in [-0.1, -0.05) is 18.2 Å². The number of hydrogen-bond donors (Lipinski definition) is 2. The van der Waals surface area contributed by atoms with Gasteiger partial charge in [0.15, 0.2) is 5.13 Å². The number of carbonyl (C=O) groups excluding carboxylic acids is 3. The van der Waals surface area contributed by atoms with Crippen molar-refractivity contribution in [1.82, 2.24) is 9.88 Å². The highest BCUT2D eigenvalue weighted by molar-refractivity contribution is 7.13. The van der Waals surface area contributed by atoms with Crippen LogP contribution in [0.3, 0.4) is 0 Å². The Morgan fingerprint density at radius 1 is 1.00 bits per heavy atom. The van der Waals surface area contributed by atoms with E-state index in [4.69, 9.17) is 0 Å². The Morgan fingerprint density at radius 3 is 2.41 bits per heavy atom. The second-order valence-corrected chi connectivity index (χ2v) is 8.31. The first kappa shape index (κ1) is 21.6. The van der Waals surface area contributed by atoms with Crippen LogP contribution < -0.4 is 10.6 Å². The van der Waals surface area contributed by atoms with Gasteiger partial charge in [0.2, 0.25) is 11.8 Å². The Bertz CT molecular complexity index is 1110. The van der Waals surface area contributed by atoms with Crippen LogP contribution in [0.4, 0.5) is 15.2 Å². The van der Waals surface area contributed by atoms with Crippen LogP contribution in [-0.4, -0.2) is 40.2 Å². The van der Waals surface area contributed by atoms with Crippen molar-refractivity contribution < 1.29 is 18.8 Å². The van der Waals surface area contributed by atoms with Gasteiger partial charge in [-0.2, -0.15) is 0 Å². The van der Waals surface area contributed by atoms with E-state index in [1.54, 1.807) is 34.5 Å². The van der Waals surface area contributed by atoms with Gasteiger partial charge >= 0.3 is 0 Å². The van der Waals surface area contributed by atoms with Crippen molar-refractivity contribution in [1.29, 1.82) is 0 Å². The van der Waals surface area contributed by atoms with Crippen molar-refractivity contribution in [3.05, 3.63) is 77.1 Å². The summed E-state index contributed by atoms with van der Waals surface area (Å²) in [5, 5.41) is 7.43. The lowest BCUT2D eigenvalue weighted by molar-refractivity contribution is -0.117. The molecule has 0 aliphatic heterocycles. The lowest BCUT2D eigenvalue weighted by Crippen LogP contribution is -2.39. The molecule has 3 aromatic rings. The average molecular weight is 453 g/mol. The van der Waals surface area contributed by atoms with E-state index in [0.717, 1.165) is 12.8 Å². The molecule has 0 atom stereocenters. The molecule has 2 aromatic carbocycles. The largest absolute Gasteiger partial charge is 0.326 e. The standard InChI is InChI=1S/C23H21FN4O3S/c24-16-6-8-17(9-7-16)25-20(29)12-18-14-32-23(26-18)27-21(30)13-28(19-10-11-19)22(31)15-4-2-1-3-5-15/h1-9,14,19H,10-13H2,(H,25,29)(H,26,27,30). The van der Waals surface area contributed by atoms with Crippen LogP contribution in [0, 0.1) is 5.82 Å². The van der Waals surface area contributed by atoms with E-state index in [9.17, 15) is 18.8 Å². The van der Waals surface area contributed by atoms with Gasteiger partial charge in [-0.3, -0.25) is 14.4 Å². The third kappa shape index (κ3) is 5.76. The number of amides is 3. The molecule has 2 N–H and O–H groups in total. The predicted octanol–water partition coefficient (Wildman–Crippen LogP) is 3.71. The van der Waals surface area contributed by atoms with E-state index >= 15 is 0 Å². The first-order valence-corrected chi connectivity index (χ1v) is 11.0. The summed E-state index contributed by atoms with van der Waals surface area (Å²) >= 11 is 1.21. The second kappa shape index (κ2) is 9.69. The van der Waals surface area contributed by atoms with Gasteiger partial charge in [-0.05, 0) is 49.2 Å². The third-order valence-corrected chi connectivity index (χ3v) is 5.66. The van der Waals surface area contributed by atoms with Gasteiger partial charge in [0.1, 0.15) is 12.4 Å². The number of halogens is 1. The molecule has 1 fully saturated rings. The Morgan fingerprint density at radius 2 is 1.72 bits per heavy atom. The molecule has 0 bridgehead atoms. The number of benzene rings is 2. The highest BCUT2D eigenvalue weighted by Crippen LogP contribution is 2.28. The summed E-state index contributed by atoms with van der Waals surface area (Å²) in [5.74, 6) is -1.18. The van der Waals surface area contributed by atoms with Crippen molar-refractivity contribution in [3.63, 3.8) is 0 Å². The van der Waals surface area contributed by atoms with E-state index in [1.807, 2.05) is 6.07 Å². The Kier molecular flexibility index (Phi) is 6.55. The molecule has 0 radical (unpaired) electrons. The van der Waals surface area contributed by atoms with E-state index < -0.39 is 0 Å². The maximum absolute atomic E-state index is 13.0. The number of carbonyl (C=O) groups is 3. The van der Waals surface area contributed by atoms with Crippen LogP contribution in [0.1, 0.15) is 28.9 Å². The molecular weight excluding hydrogens is 431 g/mol. The number of anilines is 2. The Balaban J connectivity index is 1.31. The molecule has 164 valence electrons. The van der Waals surface area contributed by atoms with Crippen LogP contribution in [-0.2, 0) is 16.0 Å². The van der Waals surface area contributed by atoms with E-state index in [2.05, 4.69) is 15.6 Å². The zero-order valence-corrected chi connectivity index (χ0v) is 17.9. The summed E-state index contributed by atoms with van der Waals surface area (Å²) in [6.07, 6.45) is 1.79. The highest BCUT2D eigenvalue weighted by Gasteiger charge is 2.34. The number of nitrogens with one attached hydrogen (secondary N) is 2. The second-order valence-electron chi connectivity index (χ2n) is 7.45. The topological polar surface area (TPSA) is 91.4 Å². The van der Waals surface area contributed by atoms with Gasteiger partial charge < -0.3 is 15.5 Å². The summed E-state index contributed by atoms with van der Waals surface area (Å²) in [6.45, 7) is -0.0572. The summed E-state index contributed by atoms with van der Waals surface area (Å²) in [6, 6.07) is 14.5. The molecule has 9 heteroatoms. The van der Waals surface area contributed by atoms with Crippen molar-refractivity contribution >= 4 is 39.9 Å². The van der Waals surface area contributed by atoms with Crippen LogP contribution in [0.2, 0.25) is 0 Å². The van der Waals surface area contributed by atoms with E-state index in [0.29, 0.717) is 22.1 Å². The van der Waals surface area contributed by atoms with Crippen LogP contribution >= 0.6 is 11.3 Å². The molecule has 7 nitrogen and oxygen atoms in total. The minimum Gasteiger partial charge on any atom is -0.326 e. The highest BCUT2D eigenvalue weighted by atomic mass is 32.1. The molecule has 0 spiro atoms. The number of hydrogen-bond acceptors (Lipinski definition) is 5.